The Bertz CT molecular complexity index is 391. The van der Waals surface area contributed by atoms with Gasteiger partial charge in [0.1, 0.15) is 0 Å². The van der Waals surface area contributed by atoms with Crippen LogP contribution in [0.5, 0.6) is 0 Å². The zero-order chi connectivity index (χ0) is 17.2. The maximum absolute atomic E-state index is 12.0. The molecule has 0 heterocycles. The molecule has 2 unspecified atom stereocenters. The van der Waals surface area contributed by atoms with Crippen LogP contribution in [-0.2, 0) is 9.53 Å². The molecule has 0 aliphatic heterocycles. The molecule has 0 amide bonds. The molecule has 0 aromatic rings. The van der Waals surface area contributed by atoms with Gasteiger partial charge >= 0.3 is 5.97 Å². The van der Waals surface area contributed by atoms with Crippen molar-refractivity contribution < 1.29 is 14.6 Å². The Balaban J connectivity index is 1.54. The first-order valence-electron chi connectivity index (χ1n) is 10.2. The lowest BCUT2D eigenvalue weighted by Gasteiger charge is -2.44. The summed E-state index contributed by atoms with van der Waals surface area (Å²) in [5.74, 6) is 1.52. The summed E-state index contributed by atoms with van der Waals surface area (Å²) in [5, 5.41) is 9.65. The highest BCUT2D eigenvalue weighted by atomic mass is 16.5. The summed E-state index contributed by atoms with van der Waals surface area (Å²) in [7, 11) is 0. The number of rotatable bonds is 12. The summed E-state index contributed by atoms with van der Waals surface area (Å²) in [6.07, 6.45) is 17.4. The standard InChI is InChI=1S/C21H36O3/c1-2-3-4-5-6-7-8-9-10-21(23)24-16-20-18-13-11-17(12-14-18)19(20)15-22/h11,13,17-20,22H,2-10,12,14-16H2,1H3/t17-,18+,19?,20?/m1/s1. The molecule has 3 nitrogen and oxygen atoms in total. The van der Waals surface area contributed by atoms with Gasteiger partial charge in [0.05, 0.1) is 6.61 Å². The molecular formula is C21H36O3. The van der Waals surface area contributed by atoms with Gasteiger partial charge in [0.15, 0.2) is 0 Å². The van der Waals surface area contributed by atoms with E-state index in [2.05, 4.69) is 19.1 Å². The van der Waals surface area contributed by atoms with Gasteiger partial charge in [-0.15, -0.1) is 0 Å². The van der Waals surface area contributed by atoms with E-state index in [1.807, 2.05) is 0 Å². The van der Waals surface area contributed by atoms with Gasteiger partial charge in [-0.05, 0) is 37.0 Å². The fourth-order valence-corrected chi connectivity index (χ4v) is 4.39. The number of aliphatic hydroxyl groups is 1. The van der Waals surface area contributed by atoms with Crippen molar-refractivity contribution in [1.82, 2.24) is 0 Å². The number of esters is 1. The minimum atomic E-state index is -0.0527. The summed E-state index contributed by atoms with van der Waals surface area (Å²) in [6, 6.07) is 0. The summed E-state index contributed by atoms with van der Waals surface area (Å²) >= 11 is 0. The number of carbonyl (C=O) groups excluding carboxylic acids is 1. The quantitative estimate of drug-likeness (QED) is 0.314. The third-order valence-corrected chi connectivity index (χ3v) is 5.97. The Kier molecular flexibility index (Phi) is 8.87. The van der Waals surface area contributed by atoms with Crippen molar-refractivity contribution in [2.45, 2.75) is 77.6 Å². The number of ether oxygens (including phenoxy) is 1. The van der Waals surface area contributed by atoms with Crippen LogP contribution >= 0.6 is 0 Å². The molecule has 0 aromatic carbocycles. The van der Waals surface area contributed by atoms with Crippen molar-refractivity contribution in [1.29, 1.82) is 0 Å². The lowest BCUT2D eigenvalue weighted by Crippen LogP contribution is -2.41. The van der Waals surface area contributed by atoms with E-state index in [-0.39, 0.29) is 18.5 Å². The number of unbranched alkanes of at least 4 members (excludes halogenated alkanes) is 7. The summed E-state index contributed by atoms with van der Waals surface area (Å²) in [5.41, 5.74) is 0. The van der Waals surface area contributed by atoms with E-state index in [1.165, 1.54) is 51.4 Å². The van der Waals surface area contributed by atoms with Gasteiger partial charge in [0.25, 0.3) is 0 Å². The number of carbonyl (C=O) groups is 1. The lowest BCUT2D eigenvalue weighted by molar-refractivity contribution is -0.147. The normalized spacial score (nSPS) is 28.2. The van der Waals surface area contributed by atoms with Crippen LogP contribution in [0, 0.1) is 23.7 Å². The Hall–Kier alpha value is -0.830. The Labute approximate surface area is 147 Å². The van der Waals surface area contributed by atoms with E-state index in [0.717, 1.165) is 12.8 Å². The van der Waals surface area contributed by atoms with E-state index in [9.17, 15) is 9.90 Å². The first-order valence-corrected chi connectivity index (χ1v) is 10.2. The first kappa shape index (κ1) is 19.5. The average Bonchev–Trinajstić information content (AvgIpc) is 2.62. The second kappa shape index (κ2) is 10.9. The van der Waals surface area contributed by atoms with Crippen molar-refractivity contribution in [2.75, 3.05) is 13.2 Å². The highest BCUT2D eigenvalue weighted by Gasteiger charge is 2.40. The minimum absolute atomic E-state index is 0.0527. The SMILES string of the molecule is CCCCCCCCCCC(=O)OCC1C(CO)[C@@H]2C=C[C@H]1CC2. The molecule has 24 heavy (non-hydrogen) atoms. The molecule has 0 aromatic heterocycles. The molecular weight excluding hydrogens is 300 g/mol. The summed E-state index contributed by atoms with van der Waals surface area (Å²) in [6.45, 7) is 2.95. The van der Waals surface area contributed by atoms with Gasteiger partial charge in [0, 0.05) is 18.9 Å². The predicted molar refractivity (Wildman–Crippen MR) is 97.6 cm³/mol. The third kappa shape index (κ3) is 5.91. The smallest absolute Gasteiger partial charge is 0.305 e. The van der Waals surface area contributed by atoms with Crippen molar-refractivity contribution in [3.05, 3.63) is 12.2 Å². The van der Waals surface area contributed by atoms with Crippen molar-refractivity contribution >= 4 is 5.97 Å². The van der Waals surface area contributed by atoms with Crippen molar-refractivity contribution in [2.24, 2.45) is 23.7 Å². The largest absolute Gasteiger partial charge is 0.465 e. The van der Waals surface area contributed by atoms with E-state index < -0.39 is 0 Å². The molecule has 3 aliphatic rings. The van der Waals surface area contributed by atoms with E-state index in [1.54, 1.807) is 0 Å². The molecule has 1 saturated carbocycles. The Morgan fingerprint density at radius 2 is 1.54 bits per heavy atom. The summed E-state index contributed by atoms with van der Waals surface area (Å²) in [4.78, 5) is 12.0. The number of hydrogen-bond donors (Lipinski definition) is 1. The lowest BCUT2D eigenvalue weighted by atomic mass is 9.63. The Morgan fingerprint density at radius 1 is 0.958 bits per heavy atom. The van der Waals surface area contributed by atoms with Gasteiger partial charge in [0.2, 0.25) is 0 Å². The van der Waals surface area contributed by atoms with Crippen LogP contribution in [0.2, 0.25) is 0 Å². The zero-order valence-corrected chi connectivity index (χ0v) is 15.4. The van der Waals surface area contributed by atoms with E-state index >= 15 is 0 Å². The maximum Gasteiger partial charge on any atom is 0.305 e. The highest BCUT2D eigenvalue weighted by Crippen LogP contribution is 2.44. The van der Waals surface area contributed by atoms with Crippen LogP contribution in [0.1, 0.15) is 77.6 Å². The zero-order valence-electron chi connectivity index (χ0n) is 15.4. The number of hydrogen-bond acceptors (Lipinski definition) is 3. The van der Waals surface area contributed by atoms with Crippen molar-refractivity contribution in [3.63, 3.8) is 0 Å². The van der Waals surface area contributed by atoms with Gasteiger partial charge in [-0.25, -0.2) is 0 Å². The van der Waals surface area contributed by atoms with Crippen LogP contribution in [-0.4, -0.2) is 24.3 Å². The Morgan fingerprint density at radius 3 is 2.12 bits per heavy atom. The fraction of sp³-hybridized carbons (Fsp3) is 0.857. The second-order valence-corrected chi connectivity index (χ2v) is 7.71. The molecule has 0 spiro atoms. The monoisotopic (exact) mass is 336 g/mol. The summed E-state index contributed by atoms with van der Waals surface area (Å²) < 4.78 is 5.54. The van der Waals surface area contributed by atoms with Crippen molar-refractivity contribution in [3.8, 4) is 0 Å². The topological polar surface area (TPSA) is 46.5 Å². The van der Waals surface area contributed by atoms with E-state index in [0.29, 0.717) is 30.8 Å². The molecule has 3 aliphatic carbocycles. The first-order chi connectivity index (χ1) is 11.8. The van der Waals surface area contributed by atoms with Gasteiger partial charge in [-0.2, -0.15) is 0 Å². The number of allylic oxidation sites excluding steroid dienone is 2. The van der Waals surface area contributed by atoms with Gasteiger partial charge in [-0.1, -0.05) is 64.0 Å². The minimum Gasteiger partial charge on any atom is -0.465 e. The van der Waals surface area contributed by atoms with Crippen LogP contribution < -0.4 is 0 Å². The molecule has 3 rings (SSSR count). The molecule has 3 heteroatoms. The molecule has 0 radical (unpaired) electrons. The molecule has 138 valence electrons. The molecule has 4 atom stereocenters. The predicted octanol–water partition coefficient (Wildman–Crippen LogP) is 4.88. The average molecular weight is 337 g/mol. The van der Waals surface area contributed by atoms with Crippen LogP contribution in [0.4, 0.5) is 0 Å². The molecule has 0 saturated heterocycles. The van der Waals surface area contributed by atoms with E-state index in [4.69, 9.17) is 4.74 Å². The molecule has 1 N–H and O–H groups in total. The molecule has 2 bridgehead atoms. The third-order valence-electron chi connectivity index (χ3n) is 5.97. The van der Waals surface area contributed by atoms with Crippen LogP contribution in [0.3, 0.4) is 0 Å². The second-order valence-electron chi connectivity index (χ2n) is 7.71. The number of fused-ring (bicyclic) bond motifs is 2. The van der Waals surface area contributed by atoms with Crippen LogP contribution in [0.25, 0.3) is 0 Å². The highest BCUT2D eigenvalue weighted by molar-refractivity contribution is 5.69. The van der Waals surface area contributed by atoms with Gasteiger partial charge < -0.3 is 9.84 Å². The molecule has 1 fully saturated rings. The number of aliphatic hydroxyl groups excluding tert-OH is 1. The fourth-order valence-electron chi connectivity index (χ4n) is 4.39. The van der Waals surface area contributed by atoms with Crippen LogP contribution in [0.15, 0.2) is 12.2 Å². The maximum atomic E-state index is 12.0. The van der Waals surface area contributed by atoms with Gasteiger partial charge in [-0.3, -0.25) is 4.79 Å².